The van der Waals surface area contributed by atoms with E-state index < -0.39 is 0 Å². The summed E-state index contributed by atoms with van der Waals surface area (Å²) < 4.78 is 0. The summed E-state index contributed by atoms with van der Waals surface area (Å²) in [7, 11) is 0. The zero-order valence-corrected chi connectivity index (χ0v) is 14.4. The smallest absolute Gasteiger partial charge is 0.227 e. The van der Waals surface area contributed by atoms with Crippen molar-refractivity contribution >= 4 is 11.7 Å². The van der Waals surface area contributed by atoms with Crippen molar-refractivity contribution in [2.24, 2.45) is 0 Å². The molecular weight excluding hydrogens is 312 g/mol. The maximum Gasteiger partial charge on any atom is 0.227 e. The molecule has 0 aliphatic carbocycles. The van der Waals surface area contributed by atoms with Crippen molar-refractivity contribution in [3.05, 3.63) is 59.3 Å². The van der Waals surface area contributed by atoms with Gasteiger partial charge in [-0.15, -0.1) is 0 Å². The number of carbonyl (C=O) groups is 1. The lowest BCUT2D eigenvalue weighted by Crippen LogP contribution is -2.44. The molecule has 1 aromatic carbocycles. The molecule has 3 heterocycles. The van der Waals surface area contributed by atoms with Crippen LogP contribution in [-0.2, 0) is 24.2 Å². The number of rotatable bonds is 3. The Labute approximate surface area is 148 Å². The van der Waals surface area contributed by atoms with Gasteiger partial charge in [-0.1, -0.05) is 36.4 Å². The van der Waals surface area contributed by atoms with Crippen LogP contribution in [0.3, 0.4) is 0 Å². The minimum atomic E-state index is 0.197. The molecule has 1 fully saturated rings. The number of carbonyl (C=O) groups excluding carboxylic acids is 1. The average molecular weight is 336 g/mol. The highest BCUT2D eigenvalue weighted by atomic mass is 16.2. The van der Waals surface area contributed by atoms with Gasteiger partial charge in [0.25, 0.3) is 0 Å². The van der Waals surface area contributed by atoms with Crippen LogP contribution in [0.15, 0.2) is 42.5 Å². The molecule has 0 saturated carbocycles. The molecule has 2 aliphatic heterocycles. The maximum absolute atomic E-state index is 12.6. The lowest BCUT2D eigenvalue weighted by atomic mass is 10.0. The summed E-state index contributed by atoms with van der Waals surface area (Å²) in [6, 6.07) is 14.2. The first-order valence-corrected chi connectivity index (χ1v) is 9.06. The van der Waals surface area contributed by atoms with Crippen LogP contribution < -0.4 is 10.2 Å². The van der Waals surface area contributed by atoms with E-state index in [1.807, 2.05) is 35.2 Å². The minimum absolute atomic E-state index is 0.197. The molecule has 4 rings (SSSR count). The standard InChI is InChI=1S/C20H24N4O/c25-20(14-16-4-2-1-3-5-16)24-11-8-18-17(15-24)6-7-19(22-18)23-12-9-21-10-13-23/h1-7,21H,8-15H2. The molecule has 1 amide bonds. The number of piperazine rings is 1. The topological polar surface area (TPSA) is 48.5 Å². The fourth-order valence-corrected chi connectivity index (χ4v) is 3.57. The molecule has 0 bridgehead atoms. The Balaban J connectivity index is 1.43. The predicted molar refractivity (Wildman–Crippen MR) is 98.6 cm³/mol. The van der Waals surface area contributed by atoms with Crippen LogP contribution in [0.25, 0.3) is 0 Å². The Hall–Kier alpha value is -2.40. The van der Waals surface area contributed by atoms with Crippen LogP contribution >= 0.6 is 0 Å². The number of benzene rings is 1. The molecule has 5 nitrogen and oxygen atoms in total. The largest absolute Gasteiger partial charge is 0.354 e. The third kappa shape index (κ3) is 3.66. The highest BCUT2D eigenvalue weighted by molar-refractivity contribution is 5.79. The van der Waals surface area contributed by atoms with Crippen molar-refractivity contribution in [3.63, 3.8) is 0 Å². The fraction of sp³-hybridized carbons (Fsp3) is 0.400. The number of hydrogen-bond donors (Lipinski definition) is 1. The number of amides is 1. The Morgan fingerprint density at radius 2 is 1.84 bits per heavy atom. The summed E-state index contributed by atoms with van der Waals surface area (Å²) in [5.41, 5.74) is 3.41. The molecule has 2 aromatic rings. The Morgan fingerprint density at radius 3 is 2.64 bits per heavy atom. The molecule has 1 aromatic heterocycles. The highest BCUT2D eigenvalue weighted by Gasteiger charge is 2.23. The summed E-state index contributed by atoms with van der Waals surface area (Å²) in [4.78, 5) is 21.8. The van der Waals surface area contributed by atoms with E-state index in [4.69, 9.17) is 4.98 Å². The van der Waals surface area contributed by atoms with E-state index in [0.717, 1.165) is 56.2 Å². The van der Waals surface area contributed by atoms with Crippen LogP contribution in [0.2, 0.25) is 0 Å². The molecule has 25 heavy (non-hydrogen) atoms. The van der Waals surface area contributed by atoms with E-state index in [1.54, 1.807) is 0 Å². The molecule has 0 radical (unpaired) electrons. The van der Waals surface area contributed by atoms with Gasteiger partial charge in [0.15, 0.2) is 0 Å². The van der Waals surface area contributed by atoms with E-state index in [9.17, 15) is 4.79 Å². The van der Waals surface area contributed by atoms with Gasteiger partial charge in [-0.05, 0) is 17.2 Å². The quantitative estimate of drug-likeness (QED) is 0.925. The van der Waals surface area contributed by atoms with Crippen molar-refractivity contribution in [1.29, 1.82) is 0 Å². The van der Waals surface area contributed by atoms with Gasteiger partial charge in [0.2, 0.25) is 5.91 Å². The molecule has 0 atom stereocenters. The normalized spacial score (nSPS) is 17.3. The third-order valence-corrected chi connectivity index (χ3v) is 5.03. The first-order chi connectivity index (χ1) is 12.3. The summed E-state index contributed by atoms with van der Waals surface area (Å²) in [5.74, 6) is 1.27. The van der Waals surface area contributed by atoms with Gasteiger partial charge in [0.05, 0.1) is 6.42 Å². The Bertz CT molecular complexity index is 741. The summed E-state index contributed by atoms with van der Waals surface area (Å²) >= 11 is 0. The van der Waals surface area contributed by atoms with Gasteiger partial charge in [0.1, 0.15) is 5.82 Å². The van der Waals surface area contributed by atoms with Crippen LogP contribution in [0.4, 0.5) is 5.82 Å². The minimum Gasteiger partial charge on any atom is -0.354 e. The van der Waals surface area contributed by atoms with Crippen molar-refractivity contribution in [1.82, 2.24) is 15.2 Å². The molecule has 0 spiro atoms. The molecule has 2 aliphatic rings. The van der Waals surface area contributed by atoms with E-state index in [1.165, 1.54) is 5.56 Å². The lowest BCUT2D eigenvalue weighted by Gasteiger charge is -2.32. The first kappa shape index (κ1) is 16.1. The van der Waals surface area contributed by atoms with Crippen LogP contribution in [0.1, 0.15) is 16.8 Å². The molecule has 1 saturated heterocycles. The van der Waals surface area contributed by atoms with E-state index >= 15 is 0 Å². The summed E-state index contributed by atoms with van der Waals surface area (Å²) in [5, 5.41) is 3.37. The number of hydrogen-bond acceptors (Lipinski definition) is 4. The average Bonchev–Trinajstić information content (AvgIpc) is 2.68. The van der Waals surface area contributed by atoms with Gasteiger partial charge in [0, 0.05) is 51.4 Å². The number of pyridine rings is 1. The molecule has 1 N–H and O–H groups in total. The number of anilines is 1. The van der Waals surface area contributed by atoms with E-state index in [2.05, 4.69) is 22.3 Å². The zero-order valence-electron chi connectivity index (χ0n) is 14.4. The SMILES string of the molecule is O=C(Cc1ccccc1)N1CCc2nc(N3CCNCC3)ccc2C1. The number of aromatic nitrogens is 1. The van der Waals surface area contributed by atoms with E-state index in [-0.39, 0.29) is 5.91 Å². The van der Waals surface area contributed by atoms with Gasteiger partial charge >= 0.3 is 0 Å². The summed E-state index contributed by atoms with van der Waals surface area (Å²) in [6.45, 7) is 5.48. The second kappa shape index (κ2) is 7.23. The van der Waals surface area contributed by atoms with Crippen molar-refractivity contribution in [2.45, 2.75) is 19.4 Å². The van der Waals surface area contributed by atoms with Gasteiger partial charge in [-0.25, -0.2) is 4.98 Å². The van der Waals surface area contributed by atoms with E-state index in [0.29, 0.717) is 13.0 Å². The summed E-state index contributed by atoms with van der Waals surface area (Å²) in [6.07, 6.45) is 1.32. The molecule has 0 unspecified atom stereocenters. The van der Waals surface area contributed by atoms with Gasteiger partial charge in [-0.3, -0.25) is 4.79 Å². The monoisotopic (exact) mass is 336 g/mol. The number of nitrogens with one attached hydrogen (secondary N) is 1. The molecular formula is C20H24N4O. The van der Waals surface area contributed by atoms with Crippen molar-refractivity contribution in [2.75, 3.05) is 37.6 Å². The van der Waals surface area contributed by atoms with Gasteiger partial charge in [-0.2, -0.15) is 0 Å². The maximum atomic E-state index is 12.6. The zero-order chi connectivity index (χ0) is 17.1. The highest BCUT2D eigenvalue weighted by Crippen LogP contribution is 2.22. The van der Waals surface area contributed by atoms with Crippen LogP contribution in [-0.4, -0.2) is 48.5 Å². The first-order valence-electron chi connectivity index (χ1n) is 9.06. The lowest BCUT2D eigenvalue weighted by molar-refractivity contribution is -0.131. The third-order valence-electron chi connectivity index (χ3n) is 5.03. The Morgan fingerprint density at radius 1 is 1.04 bits per heavy atom. The molecule has 130 valence electrons. The predicted octanol–water partition coefficient (Wildman–Crippen LogP) is 1.62. The fourth-order valence-electron chi connectivity index (χ4n) is 3.57. The van der Waals surface area contributed by atoms with Crippen LogP contribution in [0, 0.1) is 0 Å². The number of fused-ring (bicyclic) bond motifs is 1. The second-order valence-electron chi connectivity index (χ2n) is 6.74. The Kier molecular flexibility index (Phi) is 4.65. The van der Waals surface area contributed by atoms with Crippen molar-refractivity contribution < 1.29 is 4.79 Å². The number of nitrogens with zero attached hydrogens (tertiary/aromatic N) is 3. The van der Waals surface area contributed by atoms with Gasteiger partial charge < -0.3 is 15.1 Å². The second-order valence-corrected chi connectivity index (χ2v) is 6.74. The molecule has 5 heteroatoms. The van der Waals surface area contributed by atoms with Crippen LogP contribution in [0.5, 0.6) is 0 Å². The van der Waals surface area contributed by atoms with Crippen molar-refractivity contribution in [3.8, 4) is 0 Å².